The number of carbonyl (C=O) groups is 1. The zero-order chi connectivity index (χ0) is 35.0. The molecule has 3 aliphatic heterocycles. The van der Waals surface area contributed by atoms with Gasteiger partial charge in [0.1, 0.15) is 49.3 Å². The summed E-state index contributed by atoms with van der Waals surface area (Å²) in [5.74, 6) is 0.104. The van der Waals surface area contributed by atoms with Gasteiger partial charge in [0.25, 0.3) is 0 Å². The molecular weight excluding hydrogens is 644 g/mol. The Balaban J connectivity index is 0.995. The first kappa shape index (κ1) is 36.1. The van der Waals surface area contributed by atoms with Crippen molar-refractivity contribution in [3.8, 4) is 0 Å². The van der Waals surface area contributed by atoms with Crippen LogP contribution in [0.4, 0.5) is 0 Å². The van der Waals surface area contributed by atoms with Gasteiger partial charge in [0.15, 0.2) is 12.6 Å². The summed E-state index contributed by atoms with van der Waals surface area (Å²) in [7, 11) is 0. The zero-order valence-electron chi connectivity index (χ0n) is 28.3. The predicted molar refractivity (Wildman–Crippen MR) is 167 cm³/mol. The van der Waals surface area contributed by atoms with E-state index in [4.69, 9.17) is 23.7 Å². The van der Waals surface area contributed by atoms with Gasteiger partial charge in [-0.3, -0.25) is 0 Å². The second-order valence-electron chi connectivity index (χ2n) is 16.2. The highest BCUT2D eigenvalue weighted by Crippen LogP contribution is 2.70. The van der Waals surface area contributed by atoms with E-state index in [2.05, 4.69) is 6.92 Å². The van der Waals surface area contributed by atoms with Crippen LogP contribution in [0, 0.1) is 34.5 Å². The summed E-state index contributed by atoms with van der Waals surface area (Å²) in [5.41, 5.74) is -0.641. The van der Waals surface area contributed by atoms with Gasteiger partial charge in [-0.05, 0) is 99.4 Å². The number of hydrogen-bond donors (Lipinski definition) is 8. The molecule has 7 aliphatic rings. The van der Waals surface area contributed by atoms with Crippen LogP contribution in [0.1, 0.15) is 71.6 Å². The smallest absolute Gasteiger partial charge is 0.331 e. The summed E-state index contributed by atoms with van der Waals surface area (Å²) in [5, 5.41) is 85.8. The van der Waals surface area contributed by atoms with Crippen molar-refractivity contribution in [3.63, 3.8) is 0 Å². The Kier molecular flexibility index (Phi) is 9.80. The fraction of sp³-hybridized carbons (Fsp3) is 0.914. The maximum absolute atomic E-state index is 12.5. The fourth-order valence-corrected chi connectivity index (χ4v) is 11.4. The van der Waals surface area contributed by atoms with Crippen molar-refractivity contribution in [3.05, 3.63) is 11.6 Å². The van der Waals surface area contributed by atoms with Crippen LogP contribution in [0.25, 0.3) is 0 Å². The van der Waals surface area contributed by atoms with Gasteiger partial charge < -0.3 is 64.5 Å². The molecule has 6 fully saturated rings. The van der Waals surface area contributed by atoms with Crippen LogP contribution in [-0.2, 0) is 28.5 Å². The van der Waals surface area contributed by atoms with Crippen LogP contribution < -0.4 is 0 Å². The minimum absolute atomic E-state index is 0.0184. The second-order valence-corrected chi connectivity index (χ2v) is 16.2. The van der Waals surface area contributed by atoms with Gasteiger partial charge in [-0.1, -0.05) is 6.92 Å². The van der Waals surface area contributed by atoms with Gasteiger partial charge in [0.05, 0.1) is 24.4 Å². The quantitative estimate of drug-likeness (QED) is 0.121. The molecule has 8 N–H and O–H groups in total. The number of rotatable bonds is 7. The van der Waals surface area contributed by atoms with Crippen LogP contribution >= 0.6 is 0 Å². The van der Waals surface area contributed by atoms with E-state index in [0.717, 1.165) is 37.7 Å². The molecule has 14 heteroatoms. The molecule has 2 saturated heterocycles. The van der Waals surface area contributed by atoms with Crippen LogP contribution in [0.3, 0.4) is 0 Å². The molecule has 49 heavy (non-hydrogen) atoms. The number of aliphatic hydroxyl groups excluding tert-OH is 7. The lowest BCUT2D eigenvalue weighted by molar-refractivity contribution is -0.360. The van der Waals surface area contributed by atoms with E-state index in [-0.39, 0.29) is 53.2 Å². The first-order chi connectivity index (χ1) is 23.3. The molecular formula is C35H54O14. The first-order valence-electron chi connectivity index (χ1n) is 18.1. The number of aliphatic hydroxyl groups is 8. The molecule has 7 rings (SSSR count). The number of hydrogen-bond acceptors (Lipinski definition) is 14. The highest BCUT2D eigenvalue weighted by atomic mass is 16.7. The van der Waals surface area contributed by atoms with Crippen molar-refractivity contribution in [2.75, 3.05) is 19.8 Å². The Hall–Kier alpha value is -1.27. The molecule has 3 heterocycles. The second kappa shape index (κ2) is 13.3. The zero-order valence-corrected chi connectivity index (χ0v) is 28.3. The summed E-state index contributed by atoms with van der Waals surface area (Å²) < 4.78 is 28.7. The van der Waals surface area contributed by atoms with E-state index < -0.39 is 73.6 Å². The van der Waals surface area contributed by atoms with Crippen molar-refractivity contribution < 1.29 is 69.3 Å². The molecule has 0 aromatic heterocycles. The van der Waals surface area contributed by atoms with Crippen LogP contribution in [0.5, 0.6) is 0 Å². The maximum atomic E-state index is 12.5. The molecule has 0 aromatic carbocycles. The van der Waals surface area contributed by atoms with Crippen molar-refractivity contribution >= 4 is 5.97 Å². The van der Waals surface area contributed by atoms with Crippen molar-refractivity contribution in [2.45, 2.75) is 145 Å². The Morgan fingerprint density at radius 3 is 2.27 bits per heavy atom. The number of ether oxygens (including phenoxy) is 5. The molecule has 0 radical (unpaired) electrons. The summed E-state index contributed by atoms with van der Waals surface area (Å²) in [4.78, 5) is 11.9. The Bertz CT molecular complexity index is 1260. The Labute approximate surface area is 285 Å². The van der Waals surface area contributed by atoms with E-state index >= 15 is 0 Å². The Morgan fingerprint density at radius 1 is 0.837 bits per heavy atom. The molecule has 0 aromatic rings. The number of fused-ring (bicyclic) bond motifs is 5. The van der Waals surface area contributed by atoms with Crippen molar-refractivity contribution in [1.82, 2.24) is 0 Å². The van der Waals surface area contributed by atoms with Crippen LogP contribution in [0.2, 0.25) is 0 Å². The lowest BCUT2D eigenvalue weighted by Crippen LogP contribution is -2.64. The molecule has 4 saturated carbocycles. The topological polar surface area (TPSA) is 225 Å². The van der Waals surface area contributed by atoms with Crippen LogP contribution in [0.15, 0.2) is 11.6 Å². The predicted octanol–water partition coefficient (Wildman–Crippen LogP) is -0.747. The van der Waals surface area contributed by atoms with Crippen LogP contribution in [-0.4, -0.2) is 140 Å². The van der Waals surface area contributed by atoms with E-state index in [1.54, 1.807) is 13.0 Å². The molecule has 0 unspecified atom stereocenters. The van der Waals surface area contributed by atoms with Gasteiger partial charge in [0, 0.05) is 18.1 Å². The van der Waals surface area contributed by atoms with Gasteiger partial charge in [-0.25, -0.2) is 4.79 Å². The summed E-state index contributed by atoms with van der Waals surface area (Å²) in [6.45, 7) is 3.47. The molecule has 0 bridgehead atoms. The average molecular weight is 699 g/mol. The summed E-state index contributed by atoms with van der Waals surface area (Å²) >= 11 is 0. The van der Waals surface area contributed by atoms with Gasteiger partial charge in [-0.2, -0.15) is 0 Å². The molecule has 0 spiro atoms. The van der Waals surface area contributed by atoms with E-state index in [1.807, 2.05) is 0 Å². The lowest BCUT2D eigenvalue weighted by atomic mass is 9.43. The minimum atomic E-state index is -1.67. The van der Waals surface area contributed by atoms with Crippen molar-refractivity contribution in [1.29, 1.82) is 0 Å². The molecule has 18 atom stereocenters. The maximum Gasteiger partial charge on any atom is 0.331 e. The molecule has 14 nitrogen and oxygen atoms in total. The fourth-order valence-electron chi connectivity index (χ4n) is 11.4. The third kappa shape index (κ3) is 5.64. The number of carbonyl (C=O) groups excluding carboxylic acids is 1. The van der Waals surface area contributed by atoms with Crippen molar-refractivity contribution in [2.24, 2.45) is 34.5 Å². The third-order valence-corrected chi connectivity index (χ3v) is 14.2. The Morgan fingerprint density at radius 2 is 1.57 bits per heavy atom. The van der Waals surface area contributed by atoms with Gasteiger partial charge in [-0.15, -0.1) is 0 Å². The van der Waals surface area contributed by atoms with E-state index in [1.165, 1.54) is 0 Å². The average Bonchev–Trinajstić information content (AvgIpc) is 3.64. The van der Waals surface area contributed by atoms with E-state index in [9.17, 15) is 45.6 Å². The molecule has 278 valence electrons. The summed E-state index contributed by atoms with van der Waals surface area (Å²) in [6.07, 6.45) is -5.76. The highest BCUT2D eigenvalue weighted by Gasteiger charge is 2.68. The van der Waals surface area contributed by atoms with Gasteiger partial charge in [0.2, 0.25) is 0 Å². The van der Waals surface area contributed by atoms with Gasteiger partial charge >= 0.3 is 5.97 Å². The largest absolute Gasteiger partial charge is 0.458 e. The minimum Gasteiger partial charge on any atom is -0.458 e. The van der Waals surface area contributed by atoms with E-state index in [0.29, 0.717) is 32.3 Å². The SMILES string of the molecule is C[C@H]1O[C@@H](O[C@H]2CC[C@@]3(CO)[C@H](CC[C@H]4[C@H]3CC[C@]3(C)[C@@H](C5=CC(=O)OC5)CC[C@]43O)C2)[C@H](O)[C@H](O)[C@H]1O[C@@H]1O[C@H](CO)[C@@H](O)[C@H](O)[C@H]1O. The number of cyclic esters (lactones) is 1. The molecule has 0 amide bonds. The normalized spacial score (nSPS) is 54.4. The number of esters is 1. The summed E-state index contributed by atoms with van der Waals surface area (Å²) in [6, 6.07) is 0. The standard InChI is InChI=1S/C35H54O14/c1-16-30(49-32-28(42)26(40)25(39)23(13-36)48-32)27(41)29(43)31(46-16)47-19-5-9-34(15-37)18(12-19)3-4-22-21(34)6-8-33(2)20(7-10-35(22,33)44)17-11-24(38)45-14-17/h11,16,18-23,25-32,36-37,39-44H,3-10,12-15H2,1-2H3/t16-,18-,19+,20-,21-,22+,23-,25-,26+,27+,28-,29-,30+,31+,32+,33-,34-,35+/m1/s1. The third-order valence-electron chi connectivity index (χ3n) is 14.2. The highest BCUT2D eigenvalue weighted by molar-refractivity contribution is 5.85. The molecule has 4 aliphatic carbocycles. The monoisotopic (exact) mass is 698 g/mol. The lowest BCUT2D eigenvalue weighted by Gasteiger charge is -2.64. The first-order valence-corrected chi connectivity index (χ1v) is 18.1.